The molecule has 4 heteroatoms. The van der Waals surface area contributed by atoms with Crippen LogP contribution < -0.4 is 4.74 Å². The molecule has 0 aromatic heterocycles. The summed E-state index contributed by atoms with van der Waals surface area (Å²) in [5, 5.41) is 8.86. The average molecular weight is 353 g/mol. The Morgan fingerprint density at radius 1 is 0.923 bits per heavy atom. The van der Waals surface area contributed by atoms with Crippen LogP contribution >= 0.6 is 0 Å². The van der Waals surface area contributed by atoms with Gasteiger partial charge in [-0.25, -0.2) is 0 Å². The fraction of sp³-hybridized carbons (Fsp3) is 0.409. The molecule has 0 heterocycles. The molecule has 0 aliphatic rings. The zero-order valence-electron chi connectivity index (χ0n) is 15.8. The lowest BCUT2D eigenvalue weighted by Gasteiger charge is -2.26. The van der Waals surface area contributed by atoms with Gasteiger partial charge in [0, 0.05) is 12.5 Å². The quantitative estimate of drug-likeness (QED) is 0.582. The summed E-state index contributed by atoms with van der Waals surface area (Å²) in [7, 11) is 1.72. The van der Waals surface area contributed by atoms with E-state index in [1.165, 1.54) is 0 Å². The predicted molar refractivity (Wildman–Crippen MR) is 103 cm³/mol. The van der Waals surface area contributed by atoms with Gasteiger partial charge < -0.3 is 14.2 Å². The maximum absolute atomic E-state index is 8.86. The van der Waals surface area contributed by atoms with Crippen molar-refractivity contribution in [3.63, 3.8) is 0 Å². The van der Waals surface area contributed by atoms with Crippen LogP contribution in [0.5, 0.6) is 5.75 Å². The highest BCUT2D eigenvalue weighted by Crippen LogP contribution is 2.23. The molecule has 0 saturated carbocycles. The molecule has 0 fully saturated rings. The summed E-state index contributed by atoms with van der Waals surface area (Å²) in [4.78, 5) is 0. The molecular weight excluding hydrogens is 326 g/mol. The van der Waals surface area contributed by atoms with Crippen molar-refractivity contribution in [1.82, 2.24) is 0 Å². The second kappa shape index (κ2) is 9.96. The number of rotatable bonds is 10. The SMILES string of the molecule is CCC(C)(COC)COCCOc1ccc(-c2ccc(C#N)cc2)cc1. The zero-order valence-corrected chi connectivity index (χ0v) is 15.8. The molecule has 0 bridgehead atoms. The van der Waals surface area contributed by atoms with E-state index in [4.69, 9.17) is 19.5 Å². The second-order valence-corrected chi connectivity index (χ2v) is 6.71. The van der Waals surface area contributed by atoms with Gasteiger partial charge >= 0.3 is 0 Å². The number of hydrogen-bond donors (Lipinski definition) is 0. The number of hydrogen-bond acceptors (Lipinski definition) is 4. The molecule has 0 amide bonds. The van der Waals surface area contributed by atoms with Gasteiger partial charge in [-0.1, -0.05) is 38.1 Å². The Hall–Kier alpha value is -2.35. The zero-order chi connectivity index (χ0) is 18.8. The Kier molecular flexibility index (Phi) is 7.65. The highest BCUT2D eigenvalue weighted by molar-refractivity contribution is 5.64. The smallest absolute Gasteiger partial charge is 0.119 e. The van der Waals surface area contributed by atoms with Gasteiger partial charge in [0.15, 0.2) is 0 Å². The molecule has 1 atom stereocenters. The number of ether oxygens (including phenoxy) is 3. The van der Waals surface area contributed by atoms with Crippen LogP contribution in [0, 0.1) is 16.7 Å². The molecule has 2 rings (SSSR count). The van der Waals surface area contributed by atoms with Crippen molar-refractivity contribution in [3.8, 4) is 22.9 Å². The Labute approximate surface area is 156 Å². The van der Waals surface area contributed by atoms with Crippen LogP contribution in [0.1, 0.15) is 25.8 Å². The summed E-state index contributed by atoms with van der Waals surface area (Å²) in [6, 6.07) is 17.6. The Bertz CT molecular complexity index is 704. The van der Waals surface area contributed by atoms with Crippen LogP contribution in [0.2, 0.25) is 0 Å². The molecule has 0 spiro atoms. The molecule has 26 heavy (non-hydrogen) atoms. The summed E-state index contributed by atoms with van der Waals surface area (Å²) in [5.74, 6) is 0.820. The average Bonchev–Trinajstić information content (AvgIpc) is 2.68. The van der Waals surface area contributed by atoms with E-state index in [0.29, 0.717) is 32.0 Å². The van der Waals surface area contributed by atoms with Gasteiger partial charge in [0.2, 0.25) is 0 Å². The number of nitriles is 1. The minimum atomic E-state index is 0.0531. The van der Waals surface area contributed by atoms with Crippen LogP contribution in [0.25, 0.3) is 11.1 Å². The largest absolute Gasteiger partial charge is 0.491 e. The first kappa shape index (κ1) is 20.0. The van der Waals surface area contributed by atoms with E-state index in [1.54, 1.807) is 7.11 Å². The van der Waals surface area contributed by atoms with E-state index in [1.807, 2.05) is 48.5 Å². The van der Waals surface area contributed by atoms with Gasteiger partial charge in [-0.2, -0.15) is 5.26 Å². The van der Waals surface area contributed by atoms with Crippen molar-refractivity contribution in [2.75, 3.05) is 33.5 Å². The lowest BCUT2D eigenvalue weighted by atomic mass is 9.90. The topological polar surface area (TPSA) is 51.5 Å². The summed E-state index contributed by atoms with van der Waals surface area (Å²) in [6.45, 7) is 6.74. The number of nitrogens with zero attached hydrogens (tertiary/aromatic N) is 1. The van der Waals surface area contributed by atoms with E-state index in [2.05, 4.69) is 19.9 Å². The molecule has 2 aromatic rings. The van der Waals surface area contributed by atoms with E-state index >= 15 is 0 Å². The first-order valence-electron chi connectivity index (χ1n) is 8.90. The molecule has 0 aliphatic carbocycles. The Morgan fingerprint density at radius 3 is 2.08 bits per heavy atom. The van der Waals surface area contributed by atoms with Gasteiger partial charge in [0.05, 0.1) is 31.5 Å². The first-order valence-corrected chi connectivity index (χ1v) is 8.90. The fourth-order valence-corrected chi connectivity index (χ4v) is 2.61. The summed E-state index contributed by atoms with van der Waals surface area (Å²) < 4.78 is 16.7. The van der Waals surface area contributed by atoms with Crippen LogP contribution in [0.4, 0.5) is 0 Å². The van der Waals surface area contributed by atoms with E-state index in [0.717, 1.165) is 23.3 Å². The Balaban J connectivity index is 1.78. The van der Waals surface area contributed by atoms with Crippen molar-refractivity contribution in [3.05, 3.63) is 54.1 Å². The lowest BCUT2D eigenvalue weighted by molar-refractivity contribution is -0.00752. The third-order valence-corrected chi connectivity index (χ3v) is 4.49. The van der Waals surface area contributed by atoms with Crippen molar-refractivity contribution < 1.29 is 14.2 Å². The lowest BCUT2D eigenvalue weighted by Crippen LogP contribution is -2.28. The molecule has 0 N–H and O–H groups in total. The van der Waals surface area contributed by atoms with Crippen molar-refractivity contribution >= 4 is 0 Å². The van der Waals surface area contributed by atoms with Gasteiger partial charge in [-0.15, -0.1) is 0 Å². The predicted octanol–water partition coefficient (Wildman–Crippen LogP) is 4.68. The minimum Gasteiger partial charge on any atom is -0.491 e. The van der Waals surface area contributed by atoms with Crippen molar-refractivity contribution in [2.24, 2.45) is 5.41 Å². The molecule has 2 aromatic carbocycles. The minimum absolute atomic E-state index is 0.0531. The fourth-order valence-electron chi connectivity index (χ4n) is 2.61. The summed E-state index contributed by atoms with van der Waals surface area (Å²) in [6.07, 6.45) is 1.01. The van der Waals surface area contributed by atoms with Gasteiger partial charge in [-0.05, 0) is 41.8 Å². The molecule has 0 aliphatic heterocycles. The highest BCUT2D eigenvalue weighted by atomic mass is 16.5. The third-order valence-electron chi connectivity index (χ3n) is 4.49. The van der Waals surface area contributed by atoms with E-state index in [9.17, 15) is 0 Å². The molecule has 0 radical (unpaired) electrons. The van der Waals surface area contributed by atoms with Crippen molar-refractivity contribution in [1.29, 1.82) is 5.26 Å². The maximum Gasteiger partial charge on any atom is 0.119 e. The van der Waals surface area contributed by atoms with Crippen LogP contribution in [0.15, 0.2) is 48.5 Å². The molecule has 138 valence electrons. The third kappa shape index (κ3) is 5.87. The normalized spacial score (nSPS) is 13.0. The van der Waals surface area contributed by atoms with Crippen LogP contribution in [-0.2, 0) is 9.47 Å². The summed E-state index contributed by atoms with van der Waals surface area (Å²) in [5.41, 5.74) is 2.89. The molecule has 4 nitrogen and oxygen atoms in total. The van der Waals surface area contributed by atoms with Crippen LogP contribution in [-0.4, -0.2) is 33.5 Å². The van der Waals surface area contributed by atoms with Gasteiger partial charge in [-0.3, -0.25) is 0 Å². The van der Waals surface area contributed by atoms with Gasteiger partial charge in [0.1, 0.15) is 12.4 Å². The maximum atomic E-state index is 8.86. The van der Waals surface area contributed by atoms with Crippen LogP contribution in [0.3, 0.4) is 0 Å². The summed E-state index contributed by atoms with van der Waals surface area (Å²) >= 11 is 0. The number of benzene rings is 2. The van der Waals surface area contributed by atoms with E-state index < -0.39 is 0 Å². The highest BCUT2D eigenvalue weighted by Gasteiger charge is 2.22. The second-order valence-electron chi connectivity index (χ2n) is 6.71. The number of methoxy groups -OCH3 is 1. The van der Waals surface area contributed by atoms with Crippen molar-refractivity contribution in [2.45, 2.75) is 20.3 Å². The molecular formula is C22H27NO3. The molecule has 0 saturated heterocycles. The Morgan fingerprint density at radius 2 is 1.54 bits per heavy atom. The monoisotopic (exact) mass is 353 g/mol. The van der Waals surface area contributed by atoms with E-state index in [-0.39, 0.29) is 5.41 Å². The standard InChI is InChI=1S/C22H27NO3/c1-4-22(2,16-24-3)17-25-13-14-26-21-11-9-20(10-12-21)19-7-5-18(15-23)6-8-19/h5-12H,4,13-14,16-17H2,1-3H3. The van der Waals surface area contributed by atoms with Gasteiger partial charge in [0.25, 0.3) is 0 Å². The first-order chi connectivity index (χ1) is 12.6. The molecule has 1 unspecified atom stereocenters.